The number of ether oxygens (including phenoxy) is 2. The van der Waals surface area contributed by atoms with Crippen molar-refractivity contribution in [2.45, 2.75) is 58.2 Å². The van der Waals surface area contributed by atoms with Crippen LogP contribution in [0.1, 0.15) is 46.5 Å². The predicted octanol–water partition coefficient (Wildman–Crippen LogP) is 3.22. The molecule has 2 atom stereocenters. The summed E-state index contributed by atoms with van der Waals surface area (Å²) in [7, 11) is 0. The highest BCUT2D eigenvalue weighted by atomic mass is 32.1. The lowest BCUT2D eigenvalue weighted by Crippen LogP contribution is -2.21. The molecular weight excluding hydrogens is 184 g/mol. The van der Waals surface area contributed by atoms with Crippen molar-refractivity contribution < 1.29 is 9.47 Å². The van der Waals surface area contributed by atoms with Crippen LogP contribution in [-0.2, 0) is 9.47 Å². The Morgan fingerprint density at radius 2 is 1.85 bits per heavy atom. The minimum absolute atomic E-state index is 0.00778. The van der Waals surface area contributed by atoms with Crippen molar-refractivity contribution in [3.8, 4) is 0 Å². The molecule has 2 nitrogen and oxygen atoms in total. The maximum atomic E-state index is 5.58. The Kier molecular flexibility index (Phi) is 9.03. The first-order valence-electron chi connectivity index (χ1n) is 5.19. The lowest BCUT2D eigenvalue weighted by Gasteiger charge is -2.20. The van der Waals surface area contributed by atoms with Gasteiger partial charge in [0.25, 0.3) is 0 Å². The van der Waals surface area contributed by atoms with E-state index in [-0.39, 0.29) is 11.7 Å². The topological polar surface area (TPSA) is 18.5 Å². The summed E-state index contributed by atoms with van der Waals surface area (Å²) in [5, 5.41) is 0. The van der Waals surface area contributed by atoms with Crippen molar-refractivity contribution in [1.82, 2.24) is 0 Å². The normalized spacial score (nSPS) is 15.7. The molecule has 0 saturated heterocycles. The quantitative estimate of drug-likeness (QED) is 0.485. The van der Waals surface area contributed by atoms with Gasteiger partial charge in [-0.15, -0.1) is 12.6 Å². The van der Waals surface area contributed by atoms with Crippen LogP contribution >= 0.6 is 12.6 Å². The van der Waals surface area contributed by atoms with Crippen LogP contribution in [0.5, 0.6) is 0 Å². The Morgan fingerprint density at radius 3 is 2.31 bits per heavy atom. The summed E-state index contributed by atoms with van der Waals surface area (Å²) < 4.78 is 11.1. The second kappa shape index (κ2) is 8.85. The molecule has 0 aromatic rings. The lowest BCUT2D eigenvalue weighted by molar-refractivity contribution is -0.154. The SMILES string of the molecule is CCCOC(CCC)OC(S)CC. The molecule has 0 aliphatic carbocycles. The van der Waals surface area contributed by atoms with Gasteiger partial charge in [0.05, 0.1) is 0 Å². The summed E-state index contributed by atoms with van der Waals surface area (Å²) in [4.78, 5) is 0. The maximum absolute atomic E-state index is 5.58. The molecule has 0 aliphatic heterocycles. The van der Waals surface area contributed by atoms with Crippen LogP contribution in [0, 0.1) is 0 Å². The Labute approximate surface area is 87.4 Å². The third-order valence-electron chi connectivity index (χ3n) is 1.69. The van der Waals surface area contributed by atoms with E-state index >= 15 is 0 Å². The molecule has 80 valence electrons. The molecule has 2 unspecified atom stereocenters. The van der Waals surface area contributed by atoms with Crippen LogP contribution in [0.2, 0.25) is 0 Å². The van der Waals surface area contributed by atoms with E-state index in [9.17, 15) is 0 Å². The highest BCUT2D eigenvalue weighted by molar-refractivity contribution is 7.80. The van der Waals surface area contributed by atoms with Gasteiger partial charge < -0.3 is 9.47 Å². The fraction of sp³-hybridized carbons (Fsp3) is 1.00. The summed E-state index contributed by atoms with van der Waals surface area (Å²) in [6, 6.07) is 0. The van der Waals surface area contributed by atoms with E-state index in [0.29, 0.717) is 0 Å². The molecule has 0 bridgehead atoms. The van der Waals surface area contributed by atoms with Crippen LogP contribution in [-0.4, -0.2) is 18.3 Å². The molecule has 0 saturated carbocycles. The zero-order valence-corrected chi connectivity index (χ0v) is 9.85. The molecule has 0 aliphatic rings. The average molecular weight is 206 g/mol. The zero-order valence-electron chi connectivity index (χ0n) is 8.95. The van der Waals surface area contributed by atoms with Crippen LogP contribution in [0.4, 0.5) is 0 Å². The lowest BCUT2D eigenvalue weighted by atomic mass is 10.3. The summed E-state index contributed by atoms with van der Waals surface area (Å²) in [6.45, 7) is 7.06. The highest BCUT2D eigenvalue weighted by Crippen LogP contribution is 2.12. The molecule has 0 spiro atoms. The summed E-state index contributed by atoms with van der Waals surface area (Å²) in [5.41, 5.74) is 0.00778. The van der Waals surface area contributed by atoms with Crippen LogP contribution in [0.25, 0.3) is 0 Å². The Balaban J connectivity index is 3.65. The van der Waals surface area contributed by atoms with Gasteiger partial charge in [0.2, 0.25) is 0 Å². The summed E-state index contributed by atoms with van der Waals surface area (Å²) in [5.74, 6) is 0. The van der Waals surface area contributed by atoms with E-state index in [1.165, 1.54) is 0 Å². The molecule has 0 amide bonds. The number of hydrogen-bond donors (Lipinski definition) is 1. The predicted molar refractivity (Wildman–Crippen MR) is 59.1 cm³/mol. The minimum Gasteiger partial charge on any atom is -0.353 e. The molecule has 0 radical (unpaired) electrons. The Hall–Kier alpha value is 0.270. The molecular formula is C10H22O2S. The first-order valence-corrected chi connectivity index (χ1v) is 5.71. The average Bonchev–Trinajstić information content (AvgIpc) is 2.14. The second-order valence-electron chi connectivity index (χ2n) is 3.09. The molecule has 13 heavy (non-hydrogen) atoms. The van der Waals surface area contributed by atoms with Crippen molar-refractivity contribution in [3.05, 3.63) is 0 Å². The van der Waals surface area contributed by atoms with Crippen LogP contribution in [0.15, 0.2) is 0 Å². The minimum atomic E-state index is -0.0626. The molecule has 0 aromatic heterocycles. The van der Waals surface area contributed by atoms with Crippen molar-refractivity contribution in [2.24, 2.45) is 0 Å². The zero-order chi connectivity index (χ0) is 10.1. The van der Waals surface area contributed by atoms with E-state index in [1.807, 2.05) is 0 Å². The van der Waals surface area contributed by atoms with Gasteiger partial charge in [-0.05, 0) is 19.3 Å². The van der Waals surface area contributed by atoms with Crippen LogP contribution < -0.4 is 0 Å². The number of hydrogen-bond acceptors (Lipinski definition) is 3. The maximum Gasteiger partial charge on any atom is 0.159 e. The largest absolute Gasteiger partial charge is 0.353 e. The van der Waals surface area contributed by atoms with Crippen molar-refractivity contribution in [2.75, 3.05) is 6.61 Å². The van der Waals surface area contributed by atoms with Crippen molar-refractivity contribution in [1.29, 1.82) is 0 Å². The van der Waals surface area contributed by atoms with Gasteiger partial charge in [0, 0.05) is 6.61 Å². The van der Waals surface area contributed by atoms with Crippen LogP contribution in [0.3, 0.4) is 0 Å². The monoisotopic (exact) mass is 206 g/mol. The van der Waals surface area contributed by atoms with Gasteiger partial charge in [0.15, 0.2) is 6.29 Å². The van der Waals surface area contributed by atoms with E-state index in [4.69, 9.17) is 9.47 Å². The Bertz CT molecular complexity index is 109. The first-order chi connectivity index (χ1) is 6.24. The summed E-state index contributed by atoms with van der Waals surface area (Å²) >= 11 is 4.28. The van der Waals surface area contributed by atoms with E-state index in [0.717, 1.165) is 32.3 Å². The molecule has 0 aromatic carbocycles. The van der Waals surface area contributed by atoms with E-state index in [2.05, 4.69) is 33.4 Å². The first kappa shape index (κ1) is 13.3. The van der Waals surface area contributed by atoms with E-state index < -0.39 is 0 Å². The number of thiol groups is 1. The fourth-order valence-corrected chi connectivity index (χ4v) is 1.08. The molecule has 0 N–H and O–H groups in total. The summed E-state index contributed by atoms with van der Waals surface area (Å²) in [6.07, 6.45) is 3.92. The molecule has 0 heterocycles. The van der Waals surface area contributed by atoms with Gasteiger partial charge in [-0.2, -0.15) is 0 Å². The Morgan fingerprint density at radius 1 is 1.15 bits per heavy atom. The standard InChI is InChI=1S/C10H22O2S/c1-4-7-9(11-8-5-2)12-10(13)6-3/h9-10,13H,4-8H2,1-3H3. The third-order valence-corrected chi connectivity index (χ3v) is 2.18. The molecule has 3 heteroatoms. The highest BCUT2D eigenvalue weighted by Gasteiger charge is 2.11. The fourth-order valence-electron chi connectivity index (χ4n) is 0.947. The van der Waals surface area contributed by atoms with Gasteiger partial charge in [-0.3, -0.25) is 0 Å². The van der Waals surface area contributed by atoms with Crippen molar-refractivity contribution >= 4 is 12.6 Å². The second-order valence-corrected chi connectivity index (χ2v) is 3.66. The smallest absolute Gasteiger partial charge is 0.159 e. The van der Waals surface area contributed by atoms with Gasteiger partial charge in [0.1, 0.15) is 5.44 Å². The van der Waals surface area contributed by atoms with Gasteiger partial charge >= 0.3 is 0 Å². The van der Waals surface area contributed by atoms with E-state index in [1.54, 1.807) is 0 Å². The van der Waals surface area contributed by atoms with Crippen molar-refractivity contribution in [3.63, 3.8) is 0 Å². The van der Waals surface area contributed by atoms with Gasteiger partial charge in [-0.1, -0.05) is 27.2 Å². The molecule has 0 rings (SSSR count). The molecule has 0 fully saturated rings. The van der Waals surface area contributed by atoms with Gasteiger partial charge in [-0.25, -0.2) is 0 Å². The number of rotatable bonds is 8. The third kappa shape index (κ3) is 7.35.